The van der Waals surface area contributed by atoms with Crippen LogP contribution in [0.2, 0.25) is 0 Å². The van der Waals surface area contributed by atoms with Gasteiger partial charge in [0.2, 0.25) is 11.8 Å². The van der Waals surface area contributed by atoms with Crippen molar-refractivity contribution in [2.45, 2.75) is 53.6 Å². The summed E-state index contributed by atoms with van der Waals surface area (Å²) in [6, 6.07) is 20.0. The number of hydrogen-bond acceptors (Lipinski definition) is 2. The van der Waals surface area contributed by atoms with Crippen molar-refractivity contribution in [1.82, 2.24) is 9.47 Å². The number of nitrogens with zero attached hydrogens (tertiary/aromatic N) is 3. The third kappa shape index (κ3) is 4.20. The molecule has 1 atom stereocenters. The van der Waals surface area contributed by atoms with Gasteiger partial charge in [0, 0.05) is 17.7 Å². The van der Waals surface area contributed by atoms with Gasteiger partial charge in [0.15, 0.2) is 0 Å². The lowest BCUT2D eigenvalue weighted by Gasteiger charge is -2.40. The predicted octanol–water partition coefficient (Wildman–Crippen LogP) is 5.50. The first-order valence-corrected chi connectivity index (χ1v) is 11.6. The van der Waals surface area contributed by atoms with Gasteiger partial charge in [-0.25, -0.2) is 0 Å². The fraction of sp³-hybridized carbons (Fsp3) is 0.357. The molecule has 2 heterocycles. The Kier molecular flexibility index (Phi) is 5.91. The molecular formula is C28H33N3O2. The van der Waals surface area contributed by atoms with E-state index in [0.717, 1.165) is 22.6 Å². The summed E-state index contributed by atoms with van der Waals surface area (Å²) < 4.78 is 2.16. The van der Waals surface area contributed by atoms with Crippen LogP contribution >= 0.6 is 0 Å². The first kappa shape index (κ1) is 22.8. The number of carbonyl (C=O) groups is 2. The maximum absolute atomic E-state index is 14.0. The van der Waals surface area contributed by atoms with Crippen LogP contribution in [0.15, 0.2) is 66.9 Å². The quantitative estimate of drug-likeness (QED) is 0.534. The van der Waals surface area contributed by atoms with Gasteiger partial charge in [-0.05, 0) is 50.6 Å². The number of amides is 2. The maximum atomic E-state index is 14.0. The predicted molar refractivity (Wildman–Crippen MR) is 133 cm³/mol. The number of benzene rings is 2. The van der Waals surface area contributed by atoms with E-state index in [-0.39, 0.29) is 30.4 Å². The van der Waals surface area contributed by atoms with E-state index < -0.39 is 5.41 Å². The van der Waals surface area contributed by atoms with Gasteiger partial charge in [-0.2, -0.15) is 0 Å². The Labute approximate surface area is 196 Å². The van der Waals surface area contributed by atoms with E-state index in [1.807, 2.05) is 76.0 Å². The van der Waals surface area contributed by atoms with Crippen molar-refractivity contribution in [3.05, 3.63) is 83.7 Å². The van der Waals surface area contributed by atoms with Crippen LogP contribution in [0.3, 0.4) is 0 Å². The number of hydrogen-bond donors (Lipinski definition) is 0. The van der Waals surface area contributed by atoms with Gasteiger partial charge in [0.25, 0.3) is 0 Å². The minimum atomic E-state index is -0.560. The average Bonchev–Trinajstić information content (AvgIpc) is 3.25. The van der Waals surface area contributed by atoms with Gasteiger partial charge in [-0.1, -0.05) is 62.7 Å². The number of aromatic nitrogens is 1. The molecule has 5 nitrogen and oxygen atoms in total. The highest BCUT2D eigenvalue weighted by molar-refractivity contribution is 6.00. The topological polar surface area (TPSA) is 45.6 Å². The second-order valence-electron chi connectivity index (χ2n) is 10.1. The molecule has 2 aromatic carbocycles. The highest BCUT2D eigenvalue weighted by Crippen LogP contribution is 2.42. The third-order valence-electron chi connectivity index (χ3n) is 6.21. The van der Waals surface area contributed by atoms with Crippen molar-refractivity contribution >= 4 is 17.5 Å². The molecule has 3 aromatic rings. The van der Waals surface area contributed by atoms with Gasteiger partial charge >= 0.3 is 0 Å². The maximum Gasteiger partial charge on any atom is 0.247 e. The zero-order chi connectivity index (χ0) is 23.9. The Morgan fingerprint density at radius 2 is 1.58 bits per heavy atom. The monoisotopic (exact) mass is 443 g/mol. The molecule has 0 radical (unpaired) electrons. The molecule has 1 aromatic heterocycles. The van der Waals surface area contributed by atoms with Crippen LogP contribution in [0.4, 0.5) is 5.69 Å². The lowest BCUT2D eigenvalue weighted by atomic mass is 9.93. The second-order valence-corrected chi connectivity index (χ2v) is 10.1. The minimum absolute atomic E-state index is 0.0218. The molecule has 0 bridgehead atoms. The molecule has 33 heavy (non-hydrogen) atoms. The van der Waals surface area contributed by atoms with Crippen LogP contribution in [0, 0.1) is 12.3 Å². The van der Waals surface area contributed by atoms with Crippen molar-refractivity contribution in [2.75, 3.05) is 11.4 Å². The molecule has 2 amide bonds. The zero-order valence-corrected chi connectivity index (χ0v) is 20.4. The average molecular weight is 444 g/mol. The van der Waals surface area contributed by atoms with Gasteiger partial charge in [0.05, 0.1) is 17.1 Å². The Morgan fingerprint density at radius 3 is 2.18 bits per heavy atom. The summed E-state index contributed by atoms with van der Waals surface area (Å²) in [7, 11) is 0. The highest BCUT2D eigenvalue weighted by atomic mass is 16.2. The molecule has 0 N–H and O–H groups in total. The fourth-order valence-corrected chi connectivity index (χ4v) is 4.47. The fourth-order valence-electron chi connectivity index (χ4n) is 4.47. The van der Waals surface area contributed by atoms with Gasteiger partial charge in [-0.15, -0.1) is 0 Å². The van der Waals surface area contributed by atoms with E-state index in [4.69, 9.17) is 0 Å². The van der Waals surface area contributed by atoms with E-state index in [0.29, 0.717) is 0 Å². The van der Waals surface area contributed by atoms with Crippen molar-refractivity contribution in [2.24, 2.45) is 5.41 Å². The van der Waals surface area contributed by atoms with Gasteiger partial charge in [0.1, 0.15) is 12.6 Å². The first-order valence-electron chi connectivity index (χ1n) is 11.6. The van der Waals surface area contributed by atoms with Crippen LogP contribution in [-0.4, -0.2) is 33.9 Å². The van der Waals surface area contributed by atoms with Crippen LogP contribution in [0.25, 0.3) is 5.69 Å². The molecular weight excluding hydrogens is 410 g/mol. The van der Waals surface area contributed by atoms with Crippen molar-refractivity contribution in [1.29, 1.82) is 0 Å². The van der Waals surface area contributed by atoms with Gasteiger partial charge in [-0.3, -0.25) is 14.5 Å². The summed E-state index contributed by atoms with van der Waals surface area (Å²) in [4.78, 5) is 30.8. The van der Waals surface area contributed by atoms with Crippen molar-refractivity contribution < 1.29 is 9.59 Å². The van der Waals surface area contributed by atoms with Crippen LogP contribution in [0.1, 0.15) is 57.5 Å². The molecule has 0 spiro atoms. The lowest BCUT2D eigenvalue weighted by molar-refractivity contribution is -0.144. The number of aryl methyl sites for hydroxylation is 1. The molecule has 4 rings (SSSR count). The van der Waals surface area contributed by atoms with E-state index in [1.54, 1.807) is 4.90 Å². The molecule has 172 valence electrons. The van der Waals surface area contributed by atoms with Crippen LogP contribution in [0.5, 0.6) is 0 Å². The molecule has 0 saturated carbocycles. The number of anilines is 1. The van der Waals surface area contributed by atoms with E-state index in [2.05, 4.69) is 41.8 Å². The number of rotatable bonds is 4. The Bertz CT molecular complexity index is 1170. The van der Waals surface area contributed by atoms with Crippen LogP contribution < -0.4 is 4.90 Å². The SMILES string of the molecule is Cc1ccc(C2c3cccn3-c3ccccc3N2C(=O)CN(C(=O)C(C)(C)C)C(C)C)cc1. The largest absolute Gasteiger partial charge is 0.330 e. The standard InChI is InChI=1S/C28H33N3O2/c1-19(2)30(27(33)28(4,5)6)18-25(32)31-23-11-8-7-10-22(23)29-17-9-12-24(29)26(31)21-15-13-20(3)14-16-21/h7-17,19,26H,18H2,1-6H3. The molecule has 1 unspecified atom stereocenters. The Balaban J connectivity index is 1.82. The number of para-hydroxylation sites is 2. The van der Waals surface area contributed by atoms with E-state index >= 15 is 0 Å². The Hall–Kier alpha value is -3.34. The number of fused-ring (bicyclic) bond motifs is 3. The lowest BCUT2D eigenvalue weighted by Crippen LogP contribution is -2.51. The first-order chi connectivity index (χ1) is 15.6. The summed E-state index contributed by atoms with van der Waals surface area (Å²) in [5.41, 5.74) is 4.50. The smallest absolute Gasteiger partial charge is 0.247 e. The molecule has 0 saturated heterocycles. The van der Waals surface area contributed by atoms with Crippen LogP contribution in [-0.2, 0) is 9.59 Å². The second kappa shape index (κ2) is 8.54. The van der Waals surface area contributed by atoms with Crippen molar-refractivity contribution in [3.63, 3.8) is 0 Å². The number of carbonyl (C=O) groups excluding carboxylic acids is 2. The summed E-state index contributed by atoms with van der Waals surface area (Å²) >= 11 is 0. The summed E-state index contributed by atoms with van der Waals surface area (Å²) in [5, 5.41) is 0. The molecule has 0 fully saturated rings. The summed E-state index contributed by atoms with van der Waals surface area (Å²) in [6.07, 6.45) is 2.04. The van der Waals surface area contributed by atoms with E-state index in [9.17, 15) is 9.59 Å². The van der Waals surface area contributed by atoms with Crippen molar-refractivity contribution in [3.8, 4) is 5.69 Å². The zero-order valence-electron chi connectivity index (χ0n) is 20.4. The normalized spacial score (nSPS) is 15.2. The summed E-state index contributed by atoms with van der Waals surface area (Å²) in [6.45, 7) is 11.7. The molecule has 0 aliphatic carbocycles. The van der Waals surface area contributed by atoms with E-state index in [1.165, 1.54) is 5.56 Å². The molecule has 5 heteroatoms. The highest BCUT2D eigenvalue weighted by Gasteiger charge is 2.38. The summed E-state index contributed by atoms with van der Waals surface area (Å²) in [5.74, 6) is -0.113. The minimum Gasteiger partial charge on any atom is -0.330 e. The van der Waals surface area contributed by atoms with Gasteiger partial charge < -0.3 is 9.47 Å². The molecule has 1 aliphatic heterocycles. The molecule has 1 aliphatic rings. The Morgan fingerprint density at radius 1 is 0.939 bits per heavy atom. The third-order valence-corrected chi connectivity index (χ3v) is 6.21.